The van der Waals surface area contributed by atoms with Gasteiger partial charge in [0, 0.05) is 25.9 Å². The van der Waals surface area contributed by atoms with Crippen molar-refractivity contribution in [3.05, 3.63) is 11.8 Å². The highest BCUT2D eigenvalue weighted by molar-refractivity contribution is 5.66. The van der Waals surface area contributed by atoms with Crippen molar-refractivity contribution in [2.45, 2.75) is 51.6 Å². The van der Waals surface area contributed by atoms with Gasteiger partial charge in [-0.2, -0.15) is 0 Å². The van der Waals surface area contributed by atoms with Crippen LogP contribution >= 0.6 is 0 Å². The monoisotopic (exact) mass is 268 g/mol. The summed E-state index contributed by atoms with van der Waals surface area (Å²) in [6.07, 6.45) is 4.52. The number of hydrogen-bond donors (Lipinski definition) is 1. The van der Waals surface area contributed by atoms with Crippen LogP contribution < -0.4 is 0 Å². The summed E-state index contributed by atoms with van der Waals surface area (Å²) in [4.78, 5) is 10.4. The third-order valence-corrected chi connectivity index (χ3v) is 3.35. The summed E-state index contributed by atoms with van der Waals surface area (Å²) in [5.74, 6) is 0.974. The molecule has 1 aromatic rings. The number of aromatic nitrogens is 2. The minimum atomic E-state index is -0.795. The Labute approximate surface area is 112 Å². The Bertz CT molecular complexity index is 413. The third-order valence-electron chi connectivity index (χ3n) is 3.35. The van der Waals surface area contributed by atoms with Crippen molar-refractivity contribution in [1.82, 2.24) is 10.2 Å². The Hall–Kier alpha value is -1.43. The number of carboxylic acid groups (broad SMARTS) is 1. The van der Waals surface area contributed by atoms with Crippen LogP contribution in [0.25, 0.3) is 0 Å². The molecule has 6 heteroatoms. The molecule has 19 heavy (non-hydrogen) atoms. The number of aryl methyl sites for hydroxylation is 1. The van der Waals surface area contributed by atoms with E-state index >= 15 is 0 Å². The van der Waals surface area contributed by atoms with Gasteiger partial charge < -0.3 is 14.3 Å². The van der Waals surface area contributed by atoms with Crippen LogP contribution in [0.1, 0.15) is 44.4 Å². The van der Waals surface area contributed by atoms with Crippen LogP contribution in [0, 0.1) is 5.92 Å². The molecule has 0 aliphatic heterocycles. The van der Waals surface area contributed by atoms with Crippen molar-refractivity contribution >= 4 is 5.97 Å². The average molecular weight is 268 g/mol. The van der Waals surface area contributed by atoms with Gasteiger partial charge in [-0.1, -0.05) is 0 Å². The number of rotatable bonds is 8. The molecular weight excluding hydrogens is 248 g/mol. The van der Waals surface area contributed by atoms with Crippen LogP contribution in [0.15, 0.2) is 4.42 Å². The number of ether oxygens (including phenoxy) is 1. The van der Waals surface area contributed by atoms with Gasteiger partial charge in [-0.25, -0.2) is 0 Å². The van der Waals surface area contributed by atoms with Crippen LogP contribution in [-0.2, 0) is 22.4 Å². The molecule has 0 bridgehead atoms. The molecule has 0 amide bonds. The van der Waals surface area contributed by atoms with Crippen molar-refractivity contribution in [3.8, 4) is 0 Å². The van der Waals surface area contributed by atoms with E-state index in [2.05, 4.69) is 10.2 Å². The molecular formula is C13H20N2O4. The fraction of sp³-hybridized carbons (Fsp3) is 0.769. The first-order chi connectivity index (χ1) is 9.17. The molecule has 1 fully saturated rings. The second-order valence-electron chi connectivity index (χ2n) is 4.96. The second kappa shape index (κ2) is 6.65. The highest BCUT2D eigenvalue weighted by atomic mass is 16.5. The fourth-order valence-electron chi connectivity index (χ4n) is 2.32. The number of aliphatic carboxylic acids is 1. The molecule has 1 N–H and O–H groups in total. The lowest BCUT2D eigenvalue weighted by molar-refractivity contribution is -0.137. The number of hydrogen-bond acceptors (Lipinski definition) is 5. The first-order valence-corrected chi connectivity index (χ1v) is 6.82. The van der Waals surface area contributed by atoms with Crippen LogP contribution in [0.2, 0.25) is 0 Å². The Morgan fingerprint density at radius 1 is 1.42 bits per heavy atom. The summed E-state index contributed by atoms with van der Waals surface area (Å²) in [6, 6.07) is 0. The maximum absolute atomic E-state index is 10.4. The van der Waals surface area contributed by atoms with E-state index in [-0.39, 0.29) is 6.42 Å². The first-order valence-electron chi connectivity index (χ1n) is 6.82. The summed E-state index contributed by atoms with van der Waals surface area (Å²) in [6.45, 7) is 2.78. The average Bonchev–Trinajstić information content (AvgIpc) is 2.74. The third kappa shape index (κ3) is 4.31. The van der Waals surface area contributed by atoms with Crippen LogP contribution in [-0.4, -0.2) is 34.0 Å². The van der Waals surface area contributed by atoms with E-state index in [1.807, 2.05) is 6.92 Å². The van der Waals surface area contributed by atoms with Crippen molar-refractivity contribution in [1.29, 1.82) is 0 Å². The zero-order valence-electron chi connectivity index (χ0n) is 11.2. The molecule has 2 rings (SSSR count). The lowest BCUT2D eigenvalue weighted by atomic mass is 9.80. The van der Waals surface area contributed by atoms with E-state index < -0.39 is 5.97 Å². The molecule has 1 heterocycles. The molecule has 0 atom stereocenters. The maximum Gasteiger partial charge on any atom is 0.303 e. The zero-order chi connectivity index (χ0) is 13.7. The first kappa shape index (κ1) is 14.0. The molecule has 106 valence electrons. The minimum Gasteiger partial charge on any atom is -0.481 e. The predicted octanol–water partition coefficient (Wildman–Crippen LogP) is 1.83. The lowest BCUT2D eigenvalue weighted by Crippen LogP contribution is -2.32. The number of nitrogens with zero attached hydrogens (tertiary/aromatic N) is 2. The molecule has 0 unspecified atom stereocenters. The van der Waals surface area contributed by atoms with Gasteiger partial charge in [0.15, 0.2) is 0 Å². The van der Waals surface area contributed by atoms with Crippen molar-refractivity contribution in [3.63, 3.8) is 0 Å². The van der Waals surface area contributed by atoms with Gasteiger partial charge in [0.2, 0.25) is 11.8 Å². The Kier molecular flexibility index (Phi) is 4.90. The molecule has 1 aliphatic rings. The van der Waals surface area contributed by atoms with E-state index in [9.17, 15) is 4.79 Å². The van der Waals surface area contributed by atoms with Crippen molar-refractivity contribution in [2.75, 3.05) is 6.61 Å². The smallest absolute Gasteiger partial charge is 0.303 e. The Balaban J connectivity index is 1.68. The van der Waals surface area contributed by atoms with Crippen molar-refractivity contribution in [2.24, 2.45) is 5.92 Å². The summed E-state index contributed by atoms with van der Waals surface area (Å²) in [5, 5.41) is 16.5. The van der Waals surface area contributed by atoms with E-state index in [1.165, 1.54) is 0 Å². The topological polar surface area (TPSA) is 85.5 Å². The molecule has 0 radical (unpaired) electrons. The highest BCUT2D eigenvalue weighted by Gasteiger charge is 2.30. The number of carbonyl (C=O) groups is 1. The van der Waals surface area contributed by atoms with Gasteiger partial charge in [0.1, 0.15) is 0 Å². The summed E-state index contributed by atoms with van der Waals surface area (Å²) in [5.41, 5.74) is 0. The maximum atomic E-state index is 10.4. The molecule has 0 saturated heterocycles. The van der Waals surface area contributed by atoms with Crippen LogP contribution in [0.4, 0.5) is 0 Å². The zero-order valence-corrected chi connectivity index (χ0v) is 11.2. The molecule has 1 aromatic heterocycles. The van der Waals surface area contributed by atoms with Gasteiger partial charge in [0.25, 0.3) is 0 Å². The summed E-state index contributed by atoms with van der Waals surface area (Å²) < 4.78 is 11.0. The highest BCUT2D eigenvalue weighted by Crippen LogP contribution is 2.32. The standard InChI is InChI=1S/C13H20N2O4/c1-2-18-10-6-9(7-10)8-12-15-14-11(19-12)4-3-5-13(16)17/h9-10H,2-8H2,1H3,(H,16,17). The molecule has 0 aromatic carbocycles. The van der Waals surface area contributed by atoms with Gasteiger partial charge >= 0.3 is 5.97 Å². The quantitative estimate of drug-likeness (QED) is 0.774. The molecule has 0 spiro atoms. The molecule has 1 saturated carbocycles. The summed E-state index contributed by atoms with van der Waals surface area (Å²) in [7, 11) is 0. The predicted molar refractivity (Wildman–Crippen MR) is 66.7 cm³/mol. The molecule has 6 nitrogen and oxygen atoms in total. The summed E-state index contributed by atoms with van der Waals surface area (Å²) >= 11 is 0. The Morgan fingerprint density at radius 2 is 2.16 bits per heavy atom. The van der Waals surface area contributed by atoms with Gasteiger partial charge in [-0.05, 0) is 32.1 Å². The Morgan fingerprint density at radius 3 is 2.84 bits per heavy atom. The van der Waals surface area contributed by atoms with E-state index in [4.69, 9.17) is 14.3 Å². The van der Waals surface area contributed by atoms with E-state index in [1.54, 1.807) is 0 Å². The van der Waals surface area contributed by atoms with Crippen molar-refractivity contribution < 1.29 is 19.1 Å². The minimum absolute atomic E-state index is 0.135. The van der Waals surface area contributed by atoms with Gasteiger partial charge in [-0.3, -0.25) is 4.79 Å². The SMILES string of the molecule is CCOC1CC(Cc2nnc(CCCC(=O)O)o2)C1. The van der Waals surface area contributed by atoms with E-state index in [0.717, 1.165) is 25.9 Å². The van der Waals surface area contributed by atoms with Crippen LogP contribution in [0.3, 0.4) is 0 Å². The number of carboxylic acids is 1. The molecule has 1 aliphatic carbocycles. The van der Waals surface area contributed by atoms with Crippen LogP contribution in [0.5, 0.6) is 0 Å². The van der Waals surface area contributed by atoms with E-state index in [0.29, 0.717) is 36.6 Å². The lowest BCUT2D eigenvalue weighted by Gasteiger charge is -2.33. The normalized spacial score (nSPS) is 22.2. The second-order valence-corrected chi connectivity index (χ2v) is 4.96. The van der Waals surface area contributed by atoms with Gasteiger partial charge in [0.05, 0.1) is 6.10 Å². The largest absolute Gasteiger partial charge is 0.481 e. The van der Waals surface area contributed by atoms with Gasteiger partial charge in [-0.15, -0.1) is 10.2 Å². The fourth-order valence-corrected chi connectivity index (χ4v) is 2.32.